The number of carboxylic acids is 1. The predicted octanol–water partition coefficient (Wildman–Crippen LogP) is 1.66. The number of fused-ring (bicyclic) bond motifs is 1. The highest BCUT2D eigenvalue weighted by Crippen LogP contribution is 2.34. The molecular formula is C11H9BrN2O4S. The maximum absolute atomic E-state index is 11.4. The zero-order chi connectivity index (χ0) is 14.0. The minimum Gasteiger partial charge on any atom is -0.475 e. The van der Waals surface area contributed by atoms with E-state index in [1.54, 1.807) is 6.07 Å². The molecule has 1 amide bonds. The lowest BCUT2D eigenvalue weighted by molar-refractivity contribution is -0.144. The number of benzene rings is 1. The number of anilines is 2. The maximum atomic E-state index is 11.4. The van der Waals surface area contributed by atoms with Gasteiger partial charge in [-0.25, -0.2) is 4.79 Å². The molecule has 0 aliphatic carbocycles. The molecule has 0 fully saturated rings. The van der Waals surface area contributed by atoms with Gasteiger partial charge in [-0.15, -0.1) is 0 Å². The van der Waals surface area contributed by atoms with Gasteiger partial charge in [0.15, 0.2) is 0 Å². The minimum atomic E-state index is -1.48. The monoisotopic (exact) mass is 344 g/mol. The summed E-state index contributed by atoms with van der Waals surface area (Å²) in [5.74, 6) is -1.48. The van der Waals surface area contributed by atoms with Gasteiger partial charge in [0.1, 0.15) is 0 Å². The number of carbonyl (C=O) groups excluding carboxylic acids is 2. The van der Waals surface area contributed by atoms with E-state index in [2.05, 4.69) is 26.6 Å². The number of aliphatic carboxylic acids is 1. The van der Waals surface area contributed by atoms with E-state index >= 15 is 0 Å². The van der Waals surface area contributed by atoms with Crippen LogP contribution >= 0.6 is 27.7 Å². The summed E-state index contributed by atoms with van der Waals surface area (Å²) < 4.78 is 0.785. The molecule has 1 aliphatic heterocycles. The van der Waals surface area contributed by atoms with E-state index in [4.69, 9.17) is 5.11 Å². The average molecular weight is 345 g/mol. The number of halogens is 1. The van der Waals surface area contributed by atoms with Crippen LogP contribution in [0.1, 0.15) is 5.56 Å². The van der Waals surface area contributed by atoms with Crippen molar-refractivity contribution in [3.8, 4) is 0 Å². The third kappa shape index (κ3) is 3.27. The van der Waals surface area contributed by atoms with Crippen LogP contribution < -0.4 is 10.6 Å². The highest BCUT2D eigenvalue weighted by Gasteiger charge is 2.20. The smallest absolute Gasteiger partial charge is 0.383 e. The van der Waals surface area contributed by atoms with E-state index < -0.39 is 11.1 Å². The Kier molecular flexibility index (Phi) is 4.11. The summed E-state index contributed by atoms with van der Waals surface area (Å²) in [5.41, 5.74) is 2.02. The fraction of sp³-hybridized carbons (Fsp3) is 0.182. The molecule has 1 aliphatic rings. The zero-order valence-corrected chi connectivity index (χ0v) is 11.9. The first-order chi connectivity index (χ1) is 8.97. The lowest BCUT2D eigenvalue weighted by Crippen LogP contribution is -2.28. The standard InChI is InChI=1S/C11H9BrN2O4S/c12-6-1-5(4-19-11(18)10(16)17)9-7(2-6)13-3-8(15)14-9/h1-2,13H,3-4H2,(H,14,15)(H,16,17). The zero-order valence-electron chi connectivity index (χ0n) is 9.53. The summed E-state index contributed by atoms with van der Waals surface area (Å²) in [6.07, 6.45) is 0. The normalized spacial score (nSPS) is 13.2. The highest BCUT2D eigenvalue weighted by atomic mass is 79.9. The van der Waals surface area contributed by atoms with E-state index in [0.717, 1.165) is 10.2 Å². The number of amides is 1. The van der Waals surface area contributed by atoms with E-state index in [1.807, 2.05) is 6.07 Å². The Bertz CT molecular complexity index is 576. The molecule has 1 heterocycles. The minimum absolute atomic E-state index is 0.175. The fourth-order valence-corrected chi connectivity index (χ4v) is 2.77. The maximum Gasteiger partial charge on any atom is 0.383 e. The summed E-state index contributed by atoms with van der Waals surface area (Å²) in [4.78, 5) is 32.9. The van der Waals surface area contributed by atoms with Crippen LogP contribution in [0.3, 0.4) is 0 Å². The number of carboxylic acid groups (broad SMARTS) is 1. The topological polar surface area (TPSA) is 95.5 Å². The van der Waals surface area contributed by atoms with E-state index in [1.165, 1.54) is 0 Å². The van der Waals surface area contributed by atoms with Crippen LogP contribution in [0.2, 0.25) is 0 Å². The average Bonchev–Trinajstić information content (AvgIpc) is 2.36. The lowest BCUT2D eigenvalue weighted by atomic mass is 10.1. The van der Waals surface area contributed by atoms with Gasteiger partial charge in [-0.1, -0.05) is 27.7 Å². The molecule has 0 saturated heterocycles. The van der Waals surface area contributed by atoms with Gasteiger partial charge in [0.25, 0.3) is 5.12 Å². The third-order valence-corrected chi connectivity index (χ3v) is 3.77. The van der Waals surface area contributed by atoms with Gasteiger partial charge in [-0.05, 0) is 17.7 Å². The quantitative estimate of drug-likeness (QED) is 0.706. The molecule has 2 rings (SSSR count). The Morgan fingerprint density at radius 1 is 1.42 bits per heavy atom. The molecule has 0 unspecified atom stereocenters. The molecule has 1 aromatic carbocycles. The molecule has 100 valence electrons. The summed E-state index contributed by atoms with van der Waals surface area (Å²) >= 11 is 4.01. The number of nitrogens with one attached hydrogen (secondary N) is 2. The molecule has 0 atom stereocenters. The molecule has 8 heteroatoms. The van der Waals surface area contributed by atoms with E-state index in [9.17, 15) is 14.4 Å². The van der Waals surface area contributed by atoms with Crippen LogP contribution in [0.15, 0.2) is 16.6 Å². The second kappa shape index (κ2) is 5.62. The first-order valence-corrected chi connectivity index (χ1v) is 7.01. The molecular weight excluding hydrogens is 336 g/mol. The highest BCUT2D eigenvalue weighted by molar-refractivity contribution is 9.10. The van der Waals surface area contributed by atoms with Gasteiger partial charge in [-0.2, -0.15) is 0 Å². The Balaban J connectivity index is 2.24. The molecule has 0 radical (unpaired) electrons. The van der Waals surface area contributed by atoms with Crippen LogP contribution in [0.4, 0.5) is 11.4 Å². The molecule has 0 bridgehead atoms. The number of rotatable bonds is 2. The molecule has 0 aromatic heterocycles. The van der Waals surface area contributed by atoms with Crippen molar-refractivity contribution in [2.75, 3.05) is 17.2 Å². The van der Waals surface area contributed by atoms with Crippen molar-refractivity contribution in [3.63, 3.8) is 0 Å². The van der Waals surface area contributed by atoms with Crippen LogP contribution in [-0.2, 0) is 20.1 Å². The molecule has 19 heavy (non-hydrogen) atoms. The van der Waals surface area contributed by atoms with Crippen molar-refractivity contribution in [2.45, 2.75) is 5.75 Å². The van der Waals surface area contributed by atoms with Crippen LogP contribution in [0, 0.1) is 0 Å². The number of carbonyl (C=O) groups is 3. The van der Waals surface area contributed by atoms with Gasteiger partial charge >= 0.3 is 5.97 Å². The van der Waals surface area contributed by atoms with Crippen LogP contribution in [0.25, 0.3) is 0 Å². The second-order valence-corrected chi connectivity index (χ2v) is 5.63. The van der Waals surface area contributed by atoms with Gasteiger partial charge in [0.05, 0.1) is 17.9 Å². The largest absolute Gasteiger partial charge is 0.475 e. The SMILES string of the molecule is O=C1CNc2cc(Br)cc(CSC(=O)C(=O)O)c2N1. The Morgan fingerprint density at radius 3 is 2.84 bits per heavy atom. The number of hydrogen-bond donors (Lipinski definition) is 3. The molecule has 0 saturated carbocycles. The van der Waals surface area contributed by atoms with Crippen molar-refractivity contribution >= 4 is 56.1 Å². The Labute approximate surface area is 121 Å². The number of hydrogen-bond acceptors (Lipinski definition) is 5. The van der Waals surface area contributed by atoms with Gasteiger partial charge in [0.2, 0.25) is 5.91 Å². The second-order valence-electron chi connectivity index (χ2n) is 3.77. The first kappa shape index (κ1) is 13.9. The van der Waals surface area contributed by atoms with Gasteiger partial charge in [0, 0.05) is 10.2 Å². The molecule has 1 aromatic rings. The van der Waals surface area contributed by atoms with Crippen LogP contribution in [0.5, 0.6) is 0 Å². The van der Waals surface area contributed by atoms with E-state index in [0.29, 0.717) is 23.0 Å². The summed E-state index contributed by atoms with van der Waals surface area (Å²) in [6.45, 7) is 0.185. The summed E-state index contributed by atoms with van der Waals surface area (Å²) in [7, 11) is 0. The Morgan fingerprint density at radius 2 is 2.16 bits per heavy atom. The predicted molar refractivity (Wildman–Crippen MR) is 75.2 cm³/mol. The van der Waals surface area contributed by atoms with Crippen molar-refractivity contribution in [1.29, 1.82) is 0 Å². The van der Waals surface area contributed by atoms with Crippen molar-refractivity contribution in [3.05, 3.63) is 22.2 Å². The lowest BCUT2D eigenvalue weighted by Gasteiger charge is -2.22. The fourth-order valence-electron chi connectivity index (χ4n) is 1.63. The van der Waals surface area contributed by atoms with E-state index in [-0.39, 0.29) is 18.2 Å². The Hall–Kier alpha value is -1.54. The van der Waals surface area contributed by atoms with Crippen LogP contribution in [-0.4, -0.2) is 28.6 Å². The first-order valence-electron chi connectivity index (χ1n) is 5.23. The number of thioether (sulfide) groups is 1. The molecule has 6 nitrogen and oxygen atoms in total. The van der Waals surface area contributed by atoms with Gasteiger partial charge in [-0.3, -0.25) is 9.59 Å². The summed E-state index contributed by atoms with van der Waals surface area (Å²) in [5, 5.41) is 13.3. The molecule has 3 N–H and O–H groups in total. The third-order valence-electron chi connectivity index (χ3n) is 2.42. The summed E-state index contributed by atoms with van der Waals surface area (Å²) in [6, 6.07) is 3.55. The van der Waals surface area contributed by atoms with Crippen molar-refractivity contribution in [1.82, 2.24) is 0 Å². The van der Waals surface area contributed by atoms with Crippen molar-refractivity contribution < 1.29 is 19.5 Å². The van der Waals surface area contributed by atoms with Gasteiger partial charge < -0.3 is 15.7 Å². The van der Waals surface area contributed by atoms with Crippen molar-refractivity contribution in [2.24, 2.45) is 0 Å². The molecule has 0 spiro atoms.